The van der Waals surface area contributed by atoms with Crippen molar-refractivity contribution in [3.05, 3.63) is 0 Å². The van der Waals surface area contributed by atoms with Crippen LogP contribution in [0.1, 0.15) is 52.4 Å². The molecule has 2 rings (SSSR count). The molecule has 0 spiro atoms. The molecule has 2 heteroatoms. The molecular weight excluding hydrogens is 186 g/mol. The summed E-state index contributed by atoms with van der Waals surface area (Å²) in [5.41, 5.74) is 6.60. The second-order valence-corrected chi connectivity index (χ2v) is 6.06. The standard InChI is InChI=1S/C13H25NO/c1-10-6-11(2)8-13(14,7-10)9-12-4-3-5-15-12/h10-12H,3-9,14H2,1-2H3. The highest BCUT2D eigenvalue weighted by molar-refractivity contribution is 4.94. The van der Waals surface area contributed by atoms with Gasteiger partial charge in [-0.1, -0.05) is 13.8 Å². The Hall–Kier alpha value is -0.0800. The predicted octanol–water partition coefficient (Wildman–Crippen LogP) is 2.71. The first-order valence-corrected chi connectivity index (χ1v) is 6.48. The molecule has 1 saturated carbocycles. The third kappa shape index (κ3) is 2.94. The van der Waals surface area contributed by atoms with E-state index in [9.17, 15) is 0 Å². The highest BCUT2D eigenvalue weighted by Gasteiger charge is 2.37. The second kappa shape index (κ2) is 4.42. The Balaban J connectivity index is 1.92. The van der Waals surface area contributed by atoms with Gasteiger partial charge in [-0.3, -0.25) is 0 Å². The Bertz CT molecular complexity index is 201. The largest absolute Gasteiger partial charge is 0.378 e. The maximum absolute atomic E-state index is 6.54. The third-order valence-corrected chi connectivity index (χ3v) is 3.97. The highest BCUT2D eigenvalue weighted by atomic mass is 16.5. The van der Waals surface area contributed by atoms with Gasteiger partial charge >= 0.3 is 0 Å². The molecule has 2 aliphatic rings. The van der Waals surface area contributed by atoms with E-state index < -0.39 is 0 Å². The fourth-order valence-corrected chi connectivity index (χ4v) is 3.75. The van der Waals surface area contributed by atoms with Crippen LogP contribution < -0.4 is 5.73 Å². The number of ether oxygens (including phenoxy) is 1. The normalized spacial score (nSPS) is 47.0. The first-order valence-electron chi connectivity index (χ1n) is 6.48. The van der Waals surface area contributed by atoms with Crippen LogP contribution in [0, 0.1) is 11.8 Å². The molecule has 0 radical (unpaired) electrons. The Labute approximate surface area is 93.6 Å². The summed E-state index contributed by atoms with van der Waals surface area (Å²) in [4.78, 5) is 0. The number of hydrogen-bond donors (Lipinski definition) is 1. The quantitative estimate of drug-likeness (QED) is 0.762. The van der Waals surface area contributed by atoms with Gasteiger partial charge in [-0.05, 0) is 50.4 Å². The molecule has 1 aliphatic heterocycles. The van der Waals surface area contributed by atoms with Crippen LogP contribution in [0.2, 0.25) is 0 Å². The molecule has 0 bridgehead atoms. The van der Waals surface area contributed by atoms with E-state index in [0.717, 1.165) is 24.9 Å². The average Bonchev–Trinajstić information content (AvgIpc) is 2.52. The van der Waals surface area contributed by atoms with Crippen LogP contribution in [0.15, 0.2) is 0 Å². The van der Waals surface area contributed by atoms with Crippen LogP contribution in [0.3, 0.4) is 0 Å². The van der Waals surface area contributed by atoms with Gasteiger partial charge in [0.05, 0.1) is 6.10 Å². The monoisotopic (exact) mass is 211 g/mol. The predicted molar refractivity (Wildman–Crippen MR) is 62.7 cm³/mol. The van der Waals surface area contributed by atoms with Gasteiger partial charge in [-0.15, -0.1) is 0 Å². The van der Waals surface area contributed by atoms with Crippen LogP contribution >= 0.6 is 0 Å². The van der Waals surface area contributed by atoms with Crippen molar-refractivity contribution in [1.29, 1.82) is 0 Å². The second-order valence-electron chi connectivity index (χ2n) is 6.06. The number of nitrogens with two attached hydrogens (primary N) is 1. The maximum Gasteiger partial charge on any atom is 0.0593 e. The van der Waals surface area contributed by atoms with Crippen LogP contribution in [-0.2, 0) is 4.74 Å². The van der Waals surface area contributed by atoms with E-state index in [1.165, 1.54) is 32.1 Å². The summed E-state index contributed by atoms with van der Waals surface area (Å²) in [6.45, 7) is 5.63. The van der Waals surface area contributed by atoms with Crippen molar-refractivity contribution in [2.24, 2.45) is 17.6 Å². The zero-order valence-electron chi connectivity index (χ0n) is 10.2. The fraction of sp³-hybridized carbons (Fsp3) is 1.00. The van der Waals surface area contributed by atoms with E-state index in [2.05, 4.69) is 13.8 Å². The van der Waals surface area contributed by atoms with Gasteiger partial charge in [0.15, 0.2) is 0 Å². The lowest BCUT2D eigenvalue weighted by molar-refractivity contribution is 0.0599. The van der Waals surface area contributed by atoms with Gasteiger partial charge < -0.3 is 10.5 Å². The molecule has 0 aromatic heterocycles. The van der Waals surface area contributed by atoms with Crippen molar-refractivity contribution < 1.29 is 4.74 Å². The molecule has 1 saturated heterocycles. The van der Waals surface area contributed by atoms with Crippen molar-refractivity contribution >= 4 is 0 Å². The van der Waals surface area contributed by atoms with E-state index in [1.54, 1.807) is 0 Å². The maximum atomic E-state index is 6.54. The molecule has 88 valence electrons. The van der Waals surface area contributed by atoms with E-state index >= 15 is 0 Å². The Morgan fingerprint density at radius 2 is 1.93 bits per heavy atom. The van der Waals surface area contributed by atoms with Gasteiger partial charge in [0.25, 0.3) is 0 Å². The lowest BCUT2D eigenvalue weighted by Crippen LogP contribution is -2.48. The number of hydrogen-bond acceptors (Lipinski definition) is 2. The molecule has 2 fully saturated rings. The minimum atomic E-state index is 0.0616. The van der Waals surface area contributed by atoms with Crippen molar-refractivity contribution in [2.45, 2.75) is 64.0 Å². The zero-order chi connectivity index (χ0) is 10.9. The molecule has 15 heavy (non-hydrogen) atoms. The van der Waals surface area contributed by atoms with E-state index in [0.29, 0.717) is 6.10 Å². The Morgan fingerprint density at radius 1 is 1.27 bits per heavy atom. The molecule has 1 aliphatic carbocycles. The highest BCUT2D eigenvalue weighted by Crippen LogP contribution is 2.38. The van der Waals surface area contributed by atoms with Crippen molar-refractivity contribution in [2.75, 3.05) is 6.61 Å². The van der Waals surface area contributed by atoms with Gasteiger partial charge in [0, 0.05) is 12.1 Å². The first kappa shape index (κ1) is 11.4. The van der Waals surface area contributed by atoms with Gasteiger partial charge in [-0.25, -0.2) is 0 Å². The fourth-order valence-electron chi connectivity index (χ4n) is 3.75. The molecule has 0 aromatic rings. The van der Waals surface area contributed by atoms with E-state index in [-0.39, 0.29) is 5.54 Å². The van der Waals surface area contributed by atoms with Crippen LogP contribution in [0.25, 0.3) is 0 Å². The van der Waals surface area contributed by atoms with Crippen molar-refractivity contribution in [1.82, 2.24) is 0 Å². The molecule has 1 heterocycles. The summed E-state index contributed by atoms with van der Waals surface area (Å²) in [6, 6.07) is 0. The first-order chi connectivity index (χ1) is 7.07. The summed E-state index contributed by atoms with van der Waals surface area (Å²) < 4.78 is 5.71. The summed E-state index contributed by atoms with van der Waals surface area (Å²) in [7, 11) is 0. The lowest BCUT2D eigenvalue weighted by Gasteiger charge is -2.41. The number of rotatable bonds is 2. The average molecular weight is 211 g/mol. The van der Waals surface area contributed by atoms with Crippen LogP contribution in [0.5, 0.6) is 0 Å². The van der Waals surface area contributed by atoms with Gasteiger partial charge in [0.2, 0.25) is 0 Å². The van der Waals surface area contributed by atoms with Crippen molar-refractivity contribution in [3.8, 4) is 0 Å². The zero-order valence-corrected chi connectivity index (χ0v) is 10.2. The summed E-state index contributed by atoms with van der Waals surface area (Å²) in [6.07, 6.45) is 7.72. The molecule has 3 atom stereocenters. The van der Waals surface area contributed by atoms with E-state index in [4.69, 9.17) is 10.5 Å². The SMILES string of the molecule is CC1CC(C)CC(N)(CC2CCCO2)C1. The summed E-state index contributed by atoms with van der Waals surface area (Å²) in [5.74, 6) is 1.58. The Morgan fingerprint density at radius 3 is 2.47 bits per heavy atom. The molecule has 0 aromatic carbocycles. The third-order valence-electron chi connectivity index (χ3n) is 3.97. The molecule has 0 amide bonds. The molecule has 2 N–H and O–H groups in total. The minimum absolute atomic E-state index is 0.0616. The van der Waals surface area contributed by atoms with Gasteiger partial charge in [0.1, 0.15) is 0 Å². The lowest BCUT2D eigenvalue weighted by atomic mass is 9.70. The van der Waals surface area contributed by atoms with Crippen LogP contribution in [-0.4, -0.2) is 18.2 Å². The Kier molecular flexibility index (Phi) is 3.36. The van der Waals surface area contributed by atoms with Crippen LogP contribution in [0.4, 0.5) is 0 Å². The van der Waals surface area contributed by atoms with Gasteiger partial charge in [-0.2, -0.15) is 0 Å². The van der Waals surface area contributed by atoms with E-state index in [1.807, 2.05) is 0 Å². The minimum Gasteiger partial charge on any atom is -0.378 e. The van der Waals surface area contributed by atoms with Crippen molar-refractivity contribution in [3.63, 3.8) is 0 Å². The topological polar surface area (TPSA) is 35.2 Å². The summed E-state index contributed by atoms with van der Waals surface area (Å²) in [5, 5.41) is 0. The molecular formula is C13H25NO. The summed E-state index contributed by atoms with van der Waals surface area (Å²) >= 11 is 0. The molecule has 3 unspecified atom stereocenters. The molecule has 2 nitrogen and oxygen atoms in total. The smallest absolute Gasteiger partial charge is 0.0593 e.